The summed E-state index contributed by atoms with van der Waals surface area (Å²) in [6.45, 7) is 4.29. The number of aromatic nitrogens is 2. The molecule has 0 spiro atoms. The van der Waals surface area contributed by atoms with Crippen LogP contribution in [0.3, 0.4) is 0 Å². The SMILES string of the molecule is Cn1c(SCC(=O)[N+]2(C(=O)Nc3ccccc3-c3ccccc3)CCCC2(C)C)nc2cc(F)c(F)cc21. The van der Waals surface area contributed by atoms with E-state index in [9.17, 15) is 18.4 Å². The molecule has 196 valence electrons. The molecule has 38 heavy (non-hydrogen) atoms. The van der Waals surface area contributed by atoms with E-state index in [-0.39, 0.29) is 22.2 Å². The summed E-state index contributed by atoms with van der Waals surface area (Å²) in [5.41, 5.74) is 2.61. The van der Waals surface area contributed by atoms with Crippen molar-refractivity contribution >= 4 is 40.4 Å². The van der Waals surface area contributed by atoms with Gasteiger partial charge in [-0.25, -0.2) is 23.4 Å². The van der Waals surface area contributed by atoms with Gasteiger partial charge in [0, 0.05) is 37.6 Å². The number of amides is 3. The molecule has 5 rings (SSSR count). The van der Waals surface area contributed by atoms with Gasteiger partial charge in [-0.15, -0.1) is 0 Å². The average molecular weight is 536 g/mol. The van der Waals surface area contributed by atoms with Crippen LogP contribution >= 0.6 is 11.8 Å². The number of hydrogen-bond acceptors (Lipinski definition) is 4. The molecule has 1 aliphatic rings. The molecular formula is C29H29F2N4O2S+. The summed E-state index contributed by atoms with van der Waals surface area (Å²) in [6, 6.07) is 19.1. The number of imidazole rings is 1. The summed E-state index contributed by atoms with van der Waals surface area (Å²) in [7, 11) is 1.69. The molecule has 1 N–H and O–H groups in total. The number of benzene rings is 3. The molecule has 0 radical (unpaired) electrons. The van der Waals surface area contributed by atoms with Crippen LogP contribution in [0.5, 0.6) is 0 Å². The van der Waals surface area contributed by atoms with Crippen molar-refractivity contribution in [2.45, 2.75) is 37.4 Å². The Kier molecular flexibility index (Phi) is 6.83. The monoisotopic (exact) mass is 535 g/mol. The largest absolute Gasteiger partial charge is 0.428 e. The van der Waals surface area contributed by atoms with Gasteiger partial charge in [-0.1, -0.05) is 60.3 Å². The predicted molar refractivity (Wildman–Crippen MR) is 146 cm³/mol. The molecule has 1 atom stereocenters. The zero-order chi connectivity index (χ0) is 27.1. The van der Waals surface area contributed by atoms with Crippen molar-refractivity contribution < 1.29 is 22.9 Å². The molecule has 3 aromatic carbocycles. The van der Waals surface area contributed by atoms with Crippen molar-refractivity contribution in [1.82, 2.24) is 9.55 Å². The van der Waals surface area contributed by atoms with Crippen LogP contribution in [0.2, 0.25) is 0 Å². The van der Waals surface area contributed by atoms with Gasteiger partial charge in [-0.2, -0.15) is 4.48 Å². The lowest BCUT2D eigenvalue weighted by atomic mass is 9.99. The summed E-state index contributed by atoms with van der Waals surface area (Å²) in [4.78, 5) is 32.3. The number of quaternary nitrogens is 1. The first kappa shape index (κ1) is 26.1. The predicted octanol–water partition coefficient (Wildman–Crippen LogP) is 6.76. The van der Waals surface area contributed by atoms with Crippen molar-refractivity contribution in [2.24, 2.45) is 7.05 Å². The lowest BCUT2D eigenvalue weighted by Crippen LogP contribution is -2.66. The molecule has 0 saturated carbocycles. The highest BCUT2D eigenvalue weighted by atomic mass is 32.2. The normalized spacial score (nSPS) is 18.6. The van der Waals surface area contributed by atoms with Crippen LogP contribution in [0.15, 0.2) is 71.9 Å². The second-order valence-electron chi connectivity index (χ2n) is 10.2. The maximum atomic E-state index is 14.0. The molecular weight excluding hydrogens is 506 g/mol. The fraction of sp³-hybridized carbons (Fsp3) is 0.276. The van der Waals surface area contributed by atoms with E-state index in [1.807, 2.05) is 68.4 Å². The lowest BCUT2D eigenvalue weighted by Gasteiger charge is -2.39. The number of aryl methyl sites for hydroxylation is 1. The van der Waals surface area contributed by atoms with Crippen LogP contribution in [0.25, 0.3) is 22.2 Å². The van der Waals surface area contributed by atoms with Gasteiger partial charge in [0.25, 0.3) is 0 Å². The van der Waals surface area contributed by atoms with Crippen LogP contribution in [0, 0.1) is 11.6 Å². The Bertz CT molecular complexity index is 1540. The number of hydrogen-bond donors (Lipinski definition) is 1. The summed E-state index contributed by atoms with van der Waals surface area (Å²) in [6.07, 6.45) is 1.46. The van der Waals surface area contributed by atoms with Crippen molar-refractivity contribution in [3.8, 4) is 11.1 Å². The first-order valence-electron chi connectivity index (χ1n) is 12.5. The minimum Gasteiger partial charge on any atom is -0.322 e. The highest BCUT2D eigenvalue weighted by Crippen LogP contribution is 2.40. The molecule has 1 aromatic heterocycles. The van der Waals surface area contributed by atoms with Crippen LogP contribution in [0.4, 0.5) is 19.3 Å². The minimum absolute atomic E-state index is 0.0146. The van der Waals surface area contributed by atoms with Crippen LogP contribution in [-0.4, -0.2) is 43.8 Å². The van der Waals surface area contributed by atoms with E-state index in [0.717, 1.165) is 47.9 Å². The first-order chi connectivity index (χ1) is 18.1. The Morgan fingerprint density at radius 1 is 1.05 bits per heavy atom. The second kappa shape index (κ2) is 9.96. The van der Waals surface area contributed by atoms with E-state index in [1.165, 1.54) is 0 Å². The second-order valence-corrected chi connectivity index (χ2v) is 11.1. The fourth-order valence-electron chi connectivity index (χ4n) is 5.40. The molecule has 1 fully saturated rings. The quantitative estimate of drug-likeness (QED) is 0.227. The molecule has 0 aliphatic carbocycles. The van der Waals surface area contributed by atoms with Gasteiger partial charge in [-0.05, 0) is 25.5 Å². The molecule has 1 saturated heterocycles. The Labute approximate surface area is 224 Å². The van der Waals surface area contributed by atoms with E-state index in [0.29, 0.717) is 28.4 Å². The van der Waals surface area contributed by atoms with Crippen LogP contribution in [-0.2, 0) is 11.8 Å². The van der Waals surface area contributed by atoms with E-state index >= 15 is 0 Å². The third kappa shape index (κ3) is 4.39. The molecule has 4 aromatic rings. The molecule has 0 bridgehead atoms. The number of rotatable bonds is 5. The Morgan fingerprint density at radius 2 is 1.74 bits per heavy atom. The molecule has 1 aliphatic heterocycles. The number of nitrogens with zero attached hydrogens (tertiary/aromatic N) is 3. The molecule has 6 nitrogen and oxygen atoms in total. The van der Waals surface area contributed by atoms with Gasteiger partial charge < -0.3 is 4.57 Å². The third-order valence-corrected chi connectivity index (χ3v) is 8.56. The van der Waals surface area contributed by atoms with E-state index < -0.39 is 17.2 Å². The van der Waals surface area contributed by atoms with Gasteiger partial charge in [0.2, 0.25) is 0 Å². The topological polar surface area (TPSA) is 64.0 Å². The number of fused-ring (bicyclic) bond motifs is 1. The molecule has 3 amide bonds. The summed E-state index contributed by atoms with van der Waals surface area (Å²) < 4.78 is 28.8. The van der Waals surface area contributed by atoms with E-state index in [2.05, 4.69) is 10.3 Å². The van der Waals surface area contributed by atoms with Crippen LogP contribution in [0.1, 0.15) is 26.7 Å². The van der Waals surface area contributed by atoms with Crippen LogP contribution < -0.4 is 5.32 Å². The van der Waals surface area contributed by atoms with Crippen molar-refractivity contribution in [1.29, 1.82) is 0 Å². The summed E-state index contributed by atoms with van der Waals surface area (Å²) in [5.74, 6) is -2.18. The van der Waals surface area contributed by atoms with Gasteiger partial charge in [0.1, 0.15) is 11.3 Å². The number of carbonyl (C=O) groups excluding carboxylic acids is 2. The summed E-state index contributed by atoms with van der Waals surface area (Å²) >= 11 is 1.16. The number of imide groups is 1. The average Bonchev–Trinajstić information content (AvgIpc) is 3.39. The summed E-state index contributed by atoms with van der Waals surface area (Å²) in [5, 5.41) is 3.52. The zero-order valence-electron chi connectivity index (χ0n) is 21.5. The number of carbonyl (C=O) groups is 2. The molecule has 1 unspecified atom stereocenters. The number of thioether (sulfide) groups is 1. The number of urea groups is 1. The number of nitrogens with one attached hydrogen (secondary N) is 1. The van der Waals surface area contributed by atoms with Crippen molar-refractivity contribution in [3.63, 3.8) is 0 Å². The van der Waals surface area contributed by atoms with Gasteiger partial charge in [0.05, 0.1) is 23.3 Å². The van der Waals surface area contributed by atoms with E-state index in [1.54, 1.807) is 11.6 Å². The van der Waals surface area contributed by atoms with Gasteiger partial charge in [-0.3, -0.25) is 5.32 Å². The standard InChI is InChI=1S/C29H28F2N4O2S/c1-29(2)14-9-15-35(29,28(37)33-23-13-8-7-12-20(23)19-10-5-4-6-11-19)26(36)18-38-27-32-24-16-21(30)22(31)17-25(24)34(27)3/h4-8,10-13,16-17H,9,14-15,18H2,1-3H3/p+1. The fourth-order valence-corrected chi connectivity index (χ4v) is 6.33. The Morgan fingerprint density at radius 3 is 2.45 bits per heavy atom. The number of anilines is 1. The zero-order valence-corrected chi connectivity index (χ0v) is 22.3. The Balaban J connectivity index is 1.43. The number of para-hydroxylation sites is 1. The van der Waals surface area contributed by atoms with E-state index in [4.69, 9.17) is 0 Å². The first-order valence-corrected chi connectivity index (χ1v) is 13.4. The van der Waals surface area contributed by atoms with Crippen molar-refractivity contribution in [3.05, 3.63) is 78.4 Å². The van der Waals surface area contributed by atoms with Gasteiger partial charge >= 0.3 is 11.9 Å². The lowest BCUT2D eigenvalue weighted by molar-refractivity contribution is -0.808. The smallest absolute Gasteiger partial charge is 0.322 e. The third-order valence-electron chi connectivity index (χ3n) is 7.55. The maximum Gasteiger partial charge on any atom is 0.428 e. The number of likely N-dealkylation sites (tertiary alicyclic amines) is 1. The number of halogens is 2. The maximum absolute atomic E-state index is 14.0. The van der Waals surface area contributed by atoms with Crippen molar-refractivity contribution in [2.75, 3.05) is 17.6 Å². The Hall–Kier alpha value is -3.56. The molecule has 2 heterocycles. The minimum atomic E-state index is -0.973. The highest BCUT2D eigenvalue weighted by molar-refractivity contribution is 7.99. The molecule has 9 heteroatoms. The highest BCUT2D eigenvalue weighted by Gasteiger charge is 2.59. The van der Waals surface area contributed by atoms with Gasteiger partial charge in [0.15, 0.2) is 16.8 Å².